The van der Waals surface area contributed by atoms with Gasteiger partial charge in [-0.15, -0.1) is 0 Å². The molecule has 0 aliphatic carbocycles. The normalized spacial score (nSPS) is 16.4. The van der Waals surface area contributed by atoms with E-state index in [0.29, 0.717) is 24.4 Å². The minimum Gasteiger partial charge on any atom is -0.479 e. The maximum atomic E-state index is 12.7. The number of ether oxygens (including phenoxy) is 1. The second kappa shape index (κ2) is 6.60. The van der Waals surface area contributed by atoms with E-state index in [4.69, 9.17) is 4.74 Å². The fraction of sp³-hybridized carbons (Fsp3) is 0.278. The van der Waals surface area contributed by atoms with Crippen LogP contribution in [0.1, 0.15) is 29.3 Å². The smallest absolute Gasteiger partial charge is 0.264 e. The number of para-hydroxylation sites is 1. The monoisotopic (exact) mass is 310 g/mol. The molecule has 118 valence electrons. The van der Waals surface area contributed by atoms with Crippen molar-refractivity contribution in [2.45, 2.75) is 26.0 Å². The standard InChI is InChI=1S/C18H18N2O3/c1-2-20(12-13-7-9-19-10-8-13)18(22)17-11-15(21)14-5-3-4-6-16(14)23-17/h3-10,17H,2,11-12H2,1H3. The zero-order valence-corrected chi connectivity index (χ0v) is 12.9. The highest BCUT2D eigenvalue weighted by atomic mass is 16.5. The van der Waals surface area contributed by atoms with Gasteiger partial charge in [-0.3, -0.25) is 14.6 Å². The number of likely N-dealkylation sites (N-methyl/N-ethyl adjacent to an activating group) is 1. The van der Waals surface area contributed by atoms with Crippen LogP contribution in [-0.2, 0) is 11.3 Å². The van der Waals surface area contributed by atoms with Crippen molar-refractivity contribution in [3.8, 4) is 5.75 Å². The first-order valence-electron chi connectivity index (χ1n) is 7.65. The Hall–Kier alpha value is -2.69. The highest BCUT2D eigenvalue weighted by Gasteiger charge is 2.33. The third-order valence-corrected chi connectivity index (χ3v) is 3.92. The van der Waals surface area contributed by atoms with Crippen molar-refractivity contribution in [1.29, 1.82) is 0 Å². The molecule has 1 aromatic heterocycles. The van der Waals surface area contributed by atoms with Crippen LogP contribution in [0.2, 0.25) is 0 Å². The average molecular weight is 310 g/mol. The largest absolute Gasteiger partial charge is 0.479 e. The lowest BCUT2D eigenvalue weighted by atomic mass is 10.00. The summed E-state index contributed by atoms with van der Waals surface area (Å²) in [5.74, 6) is 0.277. The summed E-state index contributed by atoms with van der Waals surface area (Å²) in [6.07, 6.45) is 2.73. The molecule has 3 rings (SSSR count). The Morgan fingerprint density at radius 1 is 1.26 bits per heavy atom. The molecule has 2 aromatic rings. The summed E-state index contributed by atoms with van der Waals surface area (Å²) in [5, 5.41) is 0. The number of benzene rings is 1. The van der Waals surface area contributed by atoms with E-state index >= 15 is 0 Å². The summed E-state index contributed by atoms with van der Waals surface area (Å²) < 4.78 is 5.76. The van der Waals surface area contributed by atoms with Gasteiger partial charge in [0.1, 0.15) is 5.75 Å². The first kappa shape index (κ1) is 15.2. The van der Waals surface area contributed by atoms with E-state index in [1.54, 1.807) is 41.6 Å². The van der Waals surface area contributed by atoms with Gasteiger partial charge in [-0.05, 0) is 36.8 Å². The van der Waals surface area contributed by atoms with Gasteiger partial charge in [-0.2, -0.15) is 0 Å². The van der Waals surface area contributed by atoms with Crippen LogP contribution in [0.5, 0.6) is 5.75 Å². The molecule has 0 N–H and O–H groups in total. The molecule has 2 heterocycles. The van der Waals surface area contributed by atoms with Crippen LogP contribution in [-0.4, -0.2) is 34.2 Å². The quantitative estimate of drug-likeness (QED) is 0.870. The van der Waals surface area contributed by atoms with Crippen LogP contribution in [0.3, 0.4) is 0 Å². The summed E-state index contributed by atoms with van der Waals surface area (Å²) >= 11 is 0. The molecule has 1 aliphatic rings. The number of fused-ring (bicyclic) bond motifs is 1. The number of rotatable bonds is 4. The maximum Gasteiger partial charge on any atom is 0.264 e. The number of pyridine rings is 1. The number of carbonyl (C=O) groups is 2. The predicted octanol–water partition coefficient (Wildman–Crippen LogP) is 2.46. The van der Waals surface area contributed by atoms with Crippen LogP contribution in [0.4, 0.5) is 0 Å². The molecule has 0 bridgehead atoms. The molecule has 1 aromatic carbocycles. The summed E-state index contributed by atoms with van der Waals surface area (Å²) in [5.41, 5.74) is 1.55. The summed E-state index contributed by atoms with van der Waals surface area (Å²) in [6.45, 7) is 2.95. The number of nitrogens with zero attached hydrogens (tertiary/aromatic N) is 2. The first-order valence-corrected chi connectivity index (χ1v) is 7.65. The van der Waals surface area contributed by atoms with E-state index in [1.807, 2.05) is 19.1 Å². The number of carbonyl (C=O) groups excluding carboxylic acids is 2. The van der Waals surface area contributed by atoms with Crippen molar-refractivity contribution < 1.29 is 14.3 Å². The molecular weight excluding hydrogens is 292 g/mol. The van der Waals surface area contributed by atoms with Gasteiger partial charge in [0.25, 0.3) is 5.91 Å². The molecule has 0 saturated heterocycles. The summed E-state index contributed by atoms with van der Waals surface area (Å²) in [7, 11) is 0. The number of hydrogen-bond donors (Lipinski definition) is 0. The van der Waals surface area contributed by atoms with Gasteiger partial charge in [0.05, 0.1) is 12.0 Å². The molecule has 1 unspecified atom stereocenters. The van der Waals surface area contributed by atoms with Gasteiger partial charge >= 0.3 is 0 Å². The van der Waals surface area contributed by atoms with Crippen LogP contribution in [0, 0.1) is 0 Å². The lowest BCUT2D eigenvalue weighted by molar-refractivity contribution is -0.139. The van der Waals surface area contributed by atoms with Gasteiger partial charge in [-0.1, -0.05) is 12.1 Å². The Balaban J connectivity index is 1.76. The molecular formula is C18H18N2O3. The molecule has 5 nitrogen and oxygen atoms in total. The van der Waals surface area contributed by atoms with Crippen molar-refractivity contribution in [2.75, 3.05) is 6.54 Å². The van der Waals surface area contributed by atoms with Crippen molar-refractivity contribution in [2.24, 2.45) is 0 Å². The van der Waals surface area contributed by atoms with Gasteiger partial charge in [0.2, 0.25) is 0 Å². The van der Waals surface area contributed by atoms with Gasteiger partial charge in [0, 0.05) is 25.5 Å². The van der Waals surface area contributed by atoms with Crippen LogP contribution >= 0.6 is 0 Å². The number of ketones is 1. The lowest BCUT2D eigenvalue weighted by Gasteiger charge is -2.29. The molecule has 23 heavy (non-hydrogen) atoms. The Bertz CT molecular complexity index is 715. The molecule has 0 spiro atoms. The van der Waals surface area contributed by atoms with E-state index in [0.717, 1.165) is 5.56 Å². The van der Waals surface area contributed by atoms with Crippen molar-refractivity contribution in [3.63, 3.8) is 0 Å². The van der Waals surface area contributed by atoms with Crippen LogP contribution < -0.4 is 4.74 Å². The van der Waals surface area contributed by atoms with E-state index in [2.05, 4.69) is 4.98 Å². The molecule has 1 aliphatic heterocycles. The first-order chi connectivity index (χ1) is 11.2. The second-order valence-electron chi connectivity index (χ2n) is 5.44. The van der Waals surface area contributed by atoms with Gasteiger partial charge in [-0.25, -0.2) is 0 Å². The molecule has 5 heteroatoms. The number of Topliss-reactive ketones (excluding diaryl/α,β-unsaturated/α-hetero) is 1. The minimum absolute atomic E-state index is 0.0508. The van der Waals surface area contributed by atoms with Crippen molar-refractivity contribution in [3.05, 3.63) is 59.9 Å². The fourth-order valence-electron chi connectivity index (χ4n) is 2.67. The Morgan fingerprint density at radius 2 is 2.00 bits per heavy atom. The maximum absolute atomic E-state index is 12.7. The topological polar surface area (TPSA) is 59.5 Å². The molecule has 0 fully saturated rings. The van der Waals surface area contributed by atoms with E-state index in [9.17, 15) is 9.59 Å². The molecule has 1 atom stereocenters. The summed E-state index contributed by atoms with van der Waals surface area (Å²) in [6, 6.07) is 10.8. The van der Waals surface area contributed by atoms with Gasteiger partial charge in [0.15, 0.2) is 11.9 Å². The fourth-order valence-corrected chi connectivity index (χ4v) is 2.67. The predicted molar refractivity (Wildman–Crippen MR) is 85.1 cm³/mol. The zero-order valence-electron chi connectivity index (χ0n) is 12.9. The van der Waals surface area contributed by atoms with E-state index < -0.39 is 6.10 Å². The summed E-state index contributed by atoms with van der Waals surface area (Å²) in [4.78, 5) is 30.6. The van der Waals surface area contributed by atoms with Crippen LogP contribution in [0.25, 0.3) is 0 Å². The molecule has 0 saturated carbocycles. The Morgan fingerprint density at radius 3 is 2.74 bits per heavy atom. The SMILES string of the molecule is CCN(Cc1ccncc1)C(=O)C1CC(=O)c2ccccc2O1. The number of aromatic nitrogens is 1. The lowest BCUT2D eigenvalue weighted by Crippen LogP contribution is -2.44. The zero-order chi connectivity index (χ0) is 16.2. The van der Waals surface area contributed by atoms with E-state index in [1.165, 1.54) is 0 Å². The van der Waals surface area contributed by atoms with Crippen molar-refractivity contribution >= 4 is 11.7 Å². The van der Waals surface area contributed by atoms with Crippen LogP contribution in [0.15, 0.2) is 48.8 Å². The third kappa shape index (κ3) is 3.23. The molecule has 0 radical (unpaired) electrons. The van der Waals surface area contributed by atoms with E-state index in [-0.39, 0.29) is 18.1 Å². The highest BCUT2D eigenvalue weighted by molar-refractivity contribution is 6.03. The Kier molecular flexibility index (Phi) is 4.37. The highest BCUT2D eigenvalue weighted by Crippen LogP contribution is 2.28. The second-order valence-corrected chi connectivity index (χ2v) is 5.44. The molecule has 1 amide bonds. The average Bonchev–Trinajstić information content (AvgIpc) is 2.60. The minimum atomic E-state index is -0.751. The van der Waals surface area contributed by atoms with Crippen molar-refractivity contribution in [1.82, 2.24) is 9.88 Å². The Labute approximate surface area is 134 Å². The third-order valence-electron chi connectivity index (χ3n) is 3.92. The number of hydrogen-bond acceptors (Lipinski definition) is 4. The number of amides is 1. The van der Waals surface area contributed by atoms with Gasteiger partial charge < -0.3 is 9.64 Å².